The number of hydrogen-bond acceptors (Lipinski definition) is 4. The topological polar surface area (TPSA) is 55.9 Å². The maximum absolute atomic E-state index is 12.3. The van der Waals surface area contributed by atoms with Gasteiger partial charge in [-0.1, -0.05) is 18.2 Å². The lowest BCUT2D eigenvalue weighted by atomic mass is 10.1. The summed E-state index contributed by atoms with van der Waals surface area (Å²) in [5.41, 5.74) is 1.28. The molecule has 2 saturated heterocycles. The second-order valence-electron chi connectivity index (χ2n) is 7.63. The van der Waals surface area contributed by atoms with Crippen LogP contribution in [0.25, 0.3) is 0 Å². The molecule has 1 saturated carbocycles. The normalized spacial score (nSPS) is 24.2. The Morgan fingerprint density at radius 3 is 2.50 bits per heavy atom. The highest BCUT2D eigenvalue weighted by Gasteiger charge is 2.41. The molecule has 3 aliphatic rings. The minimum absolute atomic E-state index is 0.0458. The van der Waals surface area contributed by atoms with E-state index < -0.39 is 0 Å². The van der Waals surface area contributed by atoms with Crippen molar-refractivity contribution in [3.63, 3.8) is 0 Å². The summed E-state index contributed by atoms with van der Waals surface area (Å²) in [6, 6.07) is 10.9. The molecule has 0 radical (unpaired) electrons. The average Bonchev–Trinajstić information content (AvgIpc) is 3.44. The van der Waals surface area contributed by atoms with Gasteiger partial charge in [0.05, 0.1) is 5.92 Å². The highest BCUT2D eigenvalue weighted by molar-refractivity contribution is 5.89. The molecule has 4 rings (SSSR count). The van der Waals surface area contributed by atoms with Crippen LogP contribution in [-0.4, -0.2) is 73.5 Å². The number of hydrogen-bond donors (Lipinski definition) is 1. The molecule has 6 heteroatoms. The van der Waals surface area contributed by atoms with Crippen molar-refractivity contribution in [2.45, 2.75) is 25.3 Å². The maximum atomic E-state index is 12.3. The Hall–Kier alpha value is -2.08. The van der Waals surface area contributed by atoms with E-state index in [2.05, 4.69) is 39.4 Å². The molecule has 1 aromatic carbocycles. The molecule has 6 nitrogen and oxygen atoms in total. The molecule has 3 fully saturated rings. The zero-order valence-corrected chi connectivity index (χ0v) is 15.3. The van der Waals surface area contributed by atoms with Gasteiger partial charge < -0.3 is 15.1 Å². The van der Waals surface area contributed by atoms with Crippen LogP contribution in [0, 0.1) is 5.92 Å². The fourth-order valence-corrected chi connectivity index (χ4v) is 4.00. The first-order valence-electron chi connectivity index (χ1n) is 9.80. The third kappa shape index (κ3) is 4.01. The van der Waals surface area contributed by atoms with Gasteiger partial charge in [0, 0.05) is 64.0 Å². The standard InChI is InChI=1S/C20H28N4O2/c25-19-14-16(15-24(19)18-6-7-18)20(26)21-8-9-22-10-12-23(13-11-22)17-4-2-1-3-5-17/h1-5,16,18H,6-15H2,(H,21,26)/t16-/m0/s1. The number of para-hydroxylation sites is 1. The van der Waals surface area contributed by atoms with E-state index in [1.807, 2.05) is 11.0 Å². The number of rotatable bonds is 6. The van der Waals surface area contributed by atoms with E-state index in [0.717, 1.165) is 45.6 Å². The first-order chi connectivity index (χ1) is 12.7. The Kier molecular flexibility index (Phi) is 5.11. The van der Waals surface area contributed by atoms with Crippen LogP contribution in [0.4, 0.5) is 5.69 Å². The molecule has 2 amide bonds. The molecule has 1 N–H and O–H groups in total. The molecule has 26 heavy (non-hydrogen) atoms. The fourth-order valence-electron chi connectivity index (χ4n) is 4.00. The molecule has 0 spiro atoms. The van der Waals surface area contributed by atoms with Crippen molar-refractivity contribution in [1.29, 1.82) is 0 Å². The van der Waals surface area contributed by atoms with E-state index in [1.54, 1.807) is 0 Å². The van der Waals surface area contributed by atoms with Crippen LogP contribution in [0.3, 0.4) is 0 Å². The van der Waals surface area contributed by atoms with Crippen LogP contribution in [0.2, 0.25) is 0 Å². The van der Waals surface area contributed by atoms with E-state index in [0.29, 0.717) is 25.6 Å². The number of nitrogens with zero attached hydrogens (tertiary/aromatic N) is 3. The third-order valence-electron chi connectivity index (χ3n) is 5.74. The first kappa shape index (κ1) is 17.3. The van der Waals surface area contributed by atoms with Gasteiger partial charge in [-0.15, -0.1) is 0 Å². The summed E-state index contributed by atoms with van der Waals surface area (Å²) in [6.45, 7) is 6.23. The largest absolute Gasteiger partial charge is 0.369 e. The Labute approximate surface area is 155 Å². The van der Waals surface area contributed by atoms with Crippen LogP contribution >= 0.6 is 0 Å². The molecule has 0 bridgehead atoms. The maximum Gasteiger partial charge on any atom is 0.225 e. The van der Waals surface area contributed by atoms with Crippen molar-refractivity contribution in [3.05, 3.63) is 30.3 Å². The van der Waals surface area contributed by atoms with Crippen LogP contribution in [0.1, 0.15) is 19.3 Å². The van der Waals surface area contributed by atoms with Crippen LogP contribution in [0.5, 0.6) is 0 Å². The molecule has 1 atom stereocenters. The summed E-state index contributed by atoms with van der Waals surface area (Å²) in [6.07, 6.45) is 2.60. The smallest absolute Gasteiger partial charge is 0.225 e. The van der Waals surface area contributed by atoms with Crippen molar-refractivity contribution in [2.24, 2.45) is 5.92 Å². The molecular formula is C20H28N4O2. The Morgan fingerprint density at radius 1 is 1.08 bits per heavy atom. The summed E-state index contributed by atoms with van der Waals surface area (Å²) in [4.78, 5) is 31.0. The molecule has 2 heterocycles. The molecule has 2 aliphatic heterocycles. The zero-order chi connectivity index (χ0) is 17.9. The predicted octanol–water partition coefficient (Wildman–Crippen LogP) is 0.936. The number of carbonyl (C=O) groups excluding carboxylic acids is 2. The molecule has 1 aliphatic carbocycles. The van der Waals surface area contributed by atoms with E-state index in [9.17, 15) is 9.59 Å². The lowest BCUT2D eigenvalue weighted by Gasteiger charge is -2.36. The highest BCUT2D eigenvalue weighted by Crippen LogP contribution is 2.32. The second-order valence-corrected chi connectivity index (χ2v) is 7.63. The van der Waals surface area contributed by atoms with Gasteiger partial charge in [-0.25, -0.2) is 0 Å². The van der Waals surface area contributed by atoms with Gasteiger partial charge in [-0.3, -0.25) is 14.5 Å². The Bertz CT molecular complexity index is 638. The van der Waals surface area contributed by atoms with Crippen LogP contribution < -0.4 is 10.2 Å². The quantitative estimate of drug-likeness (QED) is 0.824. The van der Waals surface area contributed by atoms with Crippen molar-refractivity contribution < 1.29 is 9.59 Å². The van der Waals surface area contributed by atoms with Crippen molar-refractivity contribution in [3.8, 4) is 0 Å². The molecular weight excluding hydrogens is 328 g/mol. The van der Waals surface area contributed by atoms with Crippen LogP contribution in [0.15, 0.2) is 30.3 Å². The summed E-state index contributed by atoms with van der Waals surface area (Å²) in [7, 11) is 0. The van der Waals surface area contributed by atoms with Crippen LogP contribution in [-0.2, 0) is 9.59 Å². The number of likely N-dealkylation sites (tertiary alicyclic amines) is 1. The van der Waals surface area contributed by atoms with Gasteiger partial charge in [0.25, 0.3) is 0 Å². The number of benzene rings is 1. The lowest BCUT2D eigenvalue weighted by molar-refractivity contribution is -0.129. The van der Waals surface area contributed by atoms with Gasteiger partial charge in [0.1, 0.15) is 0 Å². The first-order valence-corrected chi connectivity index (χ1v) is 9.80. The van der Waals surface area contributed by atoms with E-state index >= 15 is 0 Å². The van der Waals surface area contributed by atoms with Gasteiger partial charge >= 0.3 is 0 Å². The molecule has 0 aromatic heterocycles. The number of nitrogens with one attached hydrogen (secondary N) is 1. The molecule has 140 valence electrons. The van der Waals surface area contributed by atoms with E-state index in [1.165, 1.54) is 5.69 Å². The number of piperazine rings is 1. The number of anilines is 1. The number of amides is 2. The third-order valence-corrected chi connectivity index (χ3v) is 5.74. The summed E-state index contributed by atoms with van der Waals surface area (Å²) < 4.78 is 0. The second kappa shape index (κ2) is 7.66. The zero-order valence-electron chi connectivity index (χ0n) is 15.3. The minimum Gasteiger partial charge on any atom is -0.369 e. The Balaban J connectivity index is 1.15. The van der Waals surface area contributed by atoms with Gasteiger partial charge in [-0.05, 0) is 25.0 Å². The van der Waals surface area contributed by atoms with Gasteiger partial charge in [-0.2, -0.15) is 0 Å². The summed E-state index contributed by atoms with van der Waals surface area (Å²) >= 11 is 0. The highest BCUT2D eigenvalue weighted by atomic mass is 16.2. The lowest BCUT2D eigenvalue weighted by Crippen LogP contribution is -2.48. The molecule has 0 unspecified atom stereocenters. The van der Waals surface area contributed by atoms with Crippen molar-refractivity contribution in [2.75, 3.05) is 50.7 Å². The minimum atomic E-state index is -0.155. The summed E-state index contributed by atoms with van der Waals surface area (Å²) in [5, 5.41) is 3.04. The average molecular weight is 356 g/mol. The predicted molar refractivity (Wildman–Crippen MR) is 101 cm³/mol. The fraction of sp³-hybridized carbons (Fsp3) is 0.600. The van der Waals surface area contributed by atoms with Crippen molar-refractivity contribution >= 4 is 17.5 Å². The number of carbonyl (C=O) groups is 2. The van der Waals surface area contributed by atoms with Gasteiger partial charge in [0.2, 0.25) is 11.8 Å². The van der Waals surface area contributed by atoms with E-state index in [-0.39, 0.29) is 17.7 Å². The Morgan fingerprint density at radius 2 is 1.81 bits per heavy atom. The molecule has 1 aromatic rings. The van der Waals surface area contributed by atoms with E-state index in [4.69, 9.17) is 0 Å². The monoisotopic (exact) mass is 356 g/mol. The SMILES string of the molecule is O=C(NCCN1CCN(c2ccccc2)CC1)[C@H]1CC(=O)N(C2CC2)C1. The summed E-state index contributed by atoms with van der Waals surface area (Å²) in [5.74, 6) is 0.0483. The van der Waals surface area contributed by atoms with Gasteiger partial charge in [0.15, 0.2) is 0 Å². The van der Waals surface area contributed by atoms with Crippen molar-refractivity contribution in [1.82, 2.24) is 15.1 Å².